The van der Waals surface area contributed by atoms with Gasteiger partial charge < -0.3 is 0 Å². The monoisotopic (exact) mass is 272 g/mol. The molecule has 0 nitrogen and oxygen atoms in total. The van der Waals surface area contributed by atoms with Crippen molar-refractivity contribution < 1.29 is 17.6 Å². The molecule has 0 saturated carbocycles. The highest BCUT2D eigenvalue weighted by Crippen LogP contribution is 2.36. The second-order valence-corrected chi connectivity index (χ2v) is 4.23. The molecular weight excluding hydrogens is 256 g/mol. The van der Waals surface area contributed by atoms with E-state index in [1.54, 1.807) is 6.08 Å². The first-order valence-corrected chi connectivity index (χ1v) is 6.01. The second-order valence-electron chi connectivity index (χ2n) is 4.23. The fourth-order valence-electron chi connectivity index (χ4n) is 1.88. The molecule has 0 aromatic heterocycles. The molecule has 0 atom stereocenters. The van der Waals surface area contributed by atoms with Gasteiger partial charge in [0.25, 0.3) is 0 Å². The van der Waals surface area contributed by atoms with Gasteiger partial charge in [-0.1, -0.05) is 24.3 Å². The fourth-order valence-corrected chi connectivity index (χ4v) is 1.88. The summed E-state index contributed by atoms with van der Waals surface area (Å²) in [5.74, 6) is -1.16. The van der Waals surface area contributed by atoms with Gasteiger partial charge in [-0.15, -0.1) is 13.2 Å². The van der Waals surface area contributed by atoms with Crippen LogP contribution in [0.5, 0.6) is 0 Å². The fraction of sp³-hybridized carbons (Fsp3) is 0.333. The summed E-state index contributed by atoms with van der Waals surface area (Å²) in [5, 5.41) is 0. The van der Waals surface area contributed by atoms with Crippen molar-refractivity contribution in [2.75, 3.05) is 0 Å². The molecule has 19 heavy (non-hydrogen) atoms. The predicted octanol–water partition coefficient (Wildman–Crippen LogP) is 5.08. The minimum Gasteiger partial charge on any atom is -0.206 e. The van der Waals surface area contributed by atoms with Crippen molar-refractivity contribution in [2.45, 2.75) is 31.9 Å². The molecular formula is C15H16F4. The standard InChI is InChI=1S/C15H16F4/c1-3-5-7-11-9-10-12(8-6-4-2)14(16)13(11)15(17,18)19/h3-4,9-10H,1-2,5-8H2. The molecule has 0 spiro atoms. The third-order valence-electron chi connectivity index (χ3n) is 2.83. The topological polar surface area (TPSA) is 0 Å². The maximum atomic E-state index is 14.0. The van der Waals surface area contributed by atoms with Crippen LogP contribution in [0.25, 0.3) is 0 Å². The number of hydrogen-bond donors (Lipinski definition) is 0. The van der Waals surface area contributed by atoms with Crippen LogP contribution < -0.4 is 0 Å². The molecule has 104 valence electrons. The Kier molecular flexibility index (Phi) is 5.33. The summed E-state index contributed by atoms with van der Waals surface area (Å²) >= 11 is 0. The van der Waals surface area contributed by atoms with Crippen molar-refractivity contribution in [2.24, 2.45) is 0 Å². The number of benzene rings is 1. The molecule has 1 aromatic rings. The van der Waals surface area contributed by atoms with Crippen LogP contribution >= 0.6 is 0 Å². The number of allylic oxidation sites excluding steroid dienone is 2. The summed E-state index contributed by atoms with van der Waals surface area (Å²) in [6.45, 7) is 6.94. The average molecular weight is 272 g/mol. The van der Waals surface area contributed by atoms with E-state index in [-0.39, 0.29) is 24.0 Å². The Morgan fingerprint density at radius 1 is 0.947 bits per heavy atom. The number of rotatable bonds is 6. The van der Waals surface area contributed by atoms with E-state index in [1.807, 2.05) is 0 Å². The smallest absolute Gasteiger partial charge is 0.206 e. The first kappa shape index (κ1) is 15.5. The zero-order valence-corrected chi connectivity index (χ0v) is 10.6. The zero-order valence-electron chi connectivity index (χ0n) is 10.6. The molecule has 0 heterocycles. The van der Waals surface area contributed by atoms with Crippen molar-refractivity contribution >= 4 is 0 Å². The average Bonchev–Trinajstić information content (AvgIpc) is 2.33. The molecule has 0 aliphatic heterocycles. The maximum absolute atomic E-state index is 14.0. The minimum atomic E-state index is -4.68. The van der Waals surface area contributed by atoms with Gasteiger partial charge in [-0.3, -0.25) is 0 Å². The third-order valence-corrected chi connectivity index (χ3v) is 2.83. The quantitative estimate of drug-likeness (QED) is 0.500. The van der Waals surface area contributed by atoms with E-state index in [9.17, 15) is 17.6 Å². The maximum Gasteiger partial charge on any atom is 0.419 e. The molecule has 0 aliphatic carbocycles. The number of halogens is 4. The highest BCUT2D eigenvalue weighted by molar-refractivity contribution is 5.36. The molecule has 0 bridgehead atoms. The Labute approximate surface area is 110 Å². The number of aryl methyl sites for hydroxylation is 2. The summed E-state index contributed by atoms with van der Waals surface area (Å²) in [6, 6.07) is 2.78. The van der Waals surface area contributed by atoms with Crippen LogP contribution in [0.3, 0.4) is 0 Å². The first-order valence-electron chi connectivity index (χ1n) is 6.01. The van der Waals surface area contributed by atoms with E-state index in [0.717, 1.165) is 0 Å². The molecule has 0 radical (unpaired) electrons. The van der Waals surface area contributed by atoms with Crippen LogP contribution in [0.4, 0.5) is 17.6 Å². The van der Waals surface area contributed by atoms with E-state index in [2.05, 4.69) is 13.2 Å². The molecule has 1 aromatic carbocycles. The Morgan fingerprint density at radius 3 is 1.89 bits per heavy atom. The van der Waals surface area contributed by atoms with Crippen molar-refractivity contribution in [3.8, 4) is 0 Å². The van der Waals surface area contributed by atoms with Crippen LogP contribution in [0.15, 0.2) is 37.4 Å². The van der Waals surface area contributed by atoms with Crippen LogP contribution in [-0.4, -0.2) is 0 Å². The summed E-state index contributed by atoms with van der Waals surface area (Å²) in [4.78, 5) is 0. The van der Waals surface area contributed by atoms with Crippen LogP contribution in [0.2, 0.25) is 0 Å². The van der Waals surface area contributed by atoms with Crippen LogP contribution in [0.1, 0.15) is 29.5 Å². The summed E-state index contributed by atoms with van der Waals surface area (Å²) in [6.07, 6.45) is -0.418. The Morgan fingerprint density at radius 2 is 1.42 bits per heavy atom. The van der Waals surface area contributed by atoms with Gasteiger partial charge in [0.05, 0.1) is 5.56 Å². The van der Waals surface area contributed by atoms with E-state index in [1.165, 1.54) is 18.2 Å². The van der Waals surface area contributed by atoms with Crippen molar-refractivity contribution in [3.63, 3.8) is 0 Å². The number of hydrogen-bond acceptors (Lipinski definition) is 0. The zero-order chi connectivity index (χ0) is 14.5. The lowest BCUT2D eigenvalue weighted by atomic mass is 9.96. The van der Waals surface area contributed by atoms with Gasteiger partial charge in [0.15, 0.2) is 0 Å². The van der Waals surface area contributed by atoms with Gasteiger partial charge in [-0.2, -0.15) is 13.2 Å². The molecule has 0 N–H and O–H groups in total. The van der Waals surface area contributed by atoms with Crippen LogP contribution in [-0.2, 0) is 19.0 Å². The number of alkyl halides is 3. The normalized spacial score (nSPS) is 11.4. The van der Waals surface area contributed by atoms with Crippen molar-refractivity contribution in [1.29, 1.82) is 0 Å². The molecule has 1 rings (SSSR count). The summed E-state index contributed by atoms with van der Waals surface area (Å²) in [5.41, 5.74) is -1.09. The minimum absolute atomic E-state index is 0.0211. The Balaban J connectivity index is 3.23. The largest absolute Gasteiger partial charge is 0.419 e. The molecule has 0 unspecified atom stereocenters. The van der Waals surface area contributed by atoms with E-state index in [0.29, 0.717) is 12.8 Å². The Bertz CT molecular complexity index is 458. The van der Waals surface area contributed by atoms with Crippen molar-refractivity contribution in [1.82, 2.24) is 0 Å². The highest BCUT2D eigenvalue weighted by Gasteiger charge is 2.37. The molecule has 4 heteroatoms. The summed E-state index contributed by atoms with van der Waals surface area (Å²) in [7, 11) is 0. The lowest BCUT2D eigenvalue weighted by Crippen LogP contribution is -2.14. The lowest BCUT2D eigenvalue weighted by molar-refractivity contribution is -0.140. The van der Waals surface area contributed by atoms with E-state index >= 15 is 0 Å². The van der Waals surface area contributed by atoms with Crippen LogP contribution in [0, 0.1) is 5.82 Å². The summed E-state index contributed by atoms with van der Waals surface area (Å²) < 4.78 is 52.9. The van der Waals surface area contributed by atoms with E-state index < -0.39 is 17.6 Å². The highest BCUT2D eigenvalue weighted by atomic mass is 19.4. The molecule has 0 fully saturated rings. The SMILES string of the molecule is C=CCCc1ccc(CCC=C)c(C(F)(F)F)c1F. The molecule has 0 saturated heterocycles. The van der Waals surface area contributed by atoms with E-state index in [4.69, 9.17) is 0 Å². The lowest BCUT2D eigenvalue weighted by Gasteiger charge is -2.16. The molecule has 0 aliphatic rings. The Hall–Kier alpha value is -1.58. The van der Waals surface area contributed by atoms with Gasteiger partial charge >= 0.3 is 6.18 Å². The van der Waals surface area contributed by atoms with Gasteiger partial charge in [-0.05, 0) is 36.8 Å². The van der Waals surface area contributed by atoms with Gasteiger partial charge in [0, 0.05) is 0 Å². The van der Waals surface area contributed by atoms with Gasteiger partial charge in [0.1, 0.15) is 5.82 Å². The van der Waals surface area contributed by atoms with Gasteiger partial charge in [0.2, 0.25) is 0 Å². The predicted molar refractivity (Wildman–Crippen MR) is 68.4 cm³/mol. The van der Waals surface area contributed by atoms with Crippen molar-refractivity contribution in [3.05, 3.63) is 60.0 Å². The second kappa shape index (κ2) is 6.55. The molecule has 0 amide bonds. The first-order chi connectivity index (χ1) is 8.91. The van der Waals surface area contributed by atoms with Gasteiger partial charge in [-0.25, -0.2) is 4.39 Å². The third kappa shape index (κ3) is 3.94.